The van der Waals surface area contributed by atoms with Crippen LogP contribution in [0.25, 0.3) is 10.9 Å². The molecule has 0 spiro atoms. The number of carbonyl (C=O) groups is 1. The van der Waals surface area contributed by atoms with E-state index in [4.69, 9.17) is 4.74 Å². The summed E-state index contributed by atoms with van der Waals surface area (Å²) in [5, 5.41) is 18.2. The Morgan fingerprint density at radius 1 is 1.26 bits per heavy atom. The molecule has 0 unspecified atom stereocenters. The van der Waals surface area contributed by atoms with Crippen molar-refractivity contribution < 1.29 is 14.6 Å². The van der Waals surface area contributed by atoms with E-state index in [9.17, 15) is 9.90 Å². The Morgan fingerprint density at radius 3 is 2.83 bits per heavy atom. The molecule has 3 rings (SSSR count). The van der Waals surface area contributed by atoms with E-state index in [0.29, 0.717) is 16.7 Å². The molecule has 6 nitrogen and oxygen atoms in total. The fourth-order valence-corrected chi connectivity index (χ4v) is 2.72. The number of azo groups is 1. The molecule has 2 N–H and O–H groups in total. The highest BCUT2D eigenvalue weighted by atomic mass is 127. The van der Waals surface area contributed by atoms with Gasteiger partial charge in [0.1, 0.15) is 5.75 Å². The number of aromatic hydroxyl groups is 1. The first-order chi connectivity index (χ1) is 11.1. The van der Waals surface area contributed by atoms with Gasteiger partial charge in [0, 0.05) is 10.9 Å². The number of fused-ring (bicyclic) bond motifs is 1. The number of aromatic nitrogens is 1. The molecular weight excluding hydrogens is 409 g/mol. The van der Waals surface area contributed by atoms with Crippen LogP contribution in [0.2, 0.25) is 0 Å². The molecular formula is C16H12IN3O3. The second-order valence-electron chi connectivity index (χ2n) is 4.72. The zero-order chi connectivity index (χ0) is 16.4. The molecule has 7 heteroatoms. The minimum absolute atomic E-state index is 0.122. The quantitative estimate of drug-likeness (QED) is 0.485. The number of aromatic amines is 1. The lowest BCUT2D eigenvalue weighted by atomic mass is 10.2. The van der Waals surface area contributed by atoms with Crippen LogP contribution < -0.4 is 4.74 Å². The number of nitrogens with zero attached hydrogens (tertiary/aromatic N) is 2. The first kappa shape index (κ1) is 15.5. The Hall–Kier alpha value is -2.42. The molecule has 0 radical (unpaired) electrons. The smallest absolute Gasteiger partial charge is 0.295 e. The van der Waals surface area contributed by atoms with E-state index in [0.717, 1.165) is 9.09 Å². The number of benzene rings is 2. The highest BCUT2D eigenvalue weighted by Gasteiger charge is 2.12. The van der Waals surface area contributed by atoms with Gasteiger partial charge in [-0.2, -0.15) is 0 Å². The second kappa shape index (κ2) is 6.37. The van der Waals surface area contributed by atoms with Crippen molar-refractivity contribution in [3.8, 4) is 11.6 Å². The van der Waals surface area contributed by atoms with Gasteiger partial charge in [-0.3, -0.25) is 4.79 Å². The number of H-pyrrole nitrogens is 1. The number of methoxy groups -OCH3 is 1. The number of hydrogen-bond donors (Lipinski definition) is 2. The van der Waals surface area contributed by atoms with Crippen LogP contribution in [0.15, 0.2) is 52.7 Å². The molecule has 3 aromatic rings. The summed E-state index contributed by atoms with van der Waals surface area (Å²) in [5.41, 5.74) is 1.33. The van der Waals surface area contributed by atoms with E-state index in [-0.39, 0.29) is 11.6 Å². The van der Waals surface area contributed by atoms with Crippen LogP contribution in [0.1, 0.15) is 10.4 Å². The predicted molar refractivity (Wildman–Crippen MR) is 94.5 cm³/mol. The molecule has 0 saturated carbocycles. The lowest BCUT2D eigenvalue weighted by Gasteiger charge is -2.03. The van der Waals surface area contributed by atoms with Gasteiger partial charge in [-0.15, -0.1) is 10.2 Å². The number of hydrogen-bond acceptors (Lipinski definition) is 4. The zero-order valence-corrected chi connectivity index (χ0v) is 14.2. The van der Waals surface area contributed by atoms with Crippen LogP contribution in [0.3, 0.4) is 0 Å². The van der Waals surface area contributed by atoms with Gasteiger partial charge < -0.3 is 14.8 Å². The van der Waals surface area contributed by atoms with Crippen LogP contribution in [0.4, 0.5) is 5.69 Å². The van der Waals surface area contributed by atoms with Crippen molar-refractivity contribution in [2.45, 2.75) is 0 Å². The van der Waals surface area contributed by atoms with Gasteiger partial charge in [-0.05, 0) is 46.9 Å². The van der Waals surface area contributed by atoms with Crippen LogP contribution in [0.5, 0.6) is 11.6 Å². The van der Waals surface area contributed by atoms with Gasteiger partial charge in [0.2, 0.25) is 5.88 Å². The van der Waals surface area contributed by atoms with Gasteiger partial charge in [0.25, 0.3) is 5.91 Å². The third-order valence-electron chi connectivity index (χ3n) is 3.30. The third-order valence-corrected chi connectivity index (χ3v) is 4.19. The van der Waals surface area contributed by atoms with Gasteiger partial charge in [0.05, 0.1) is 16.2 Å². The molecule has 0 fully saturated rings. The molecule has 0 aliphatic rings. The number of rotatable bonds is 3. The predicted octanol–water partition coefficient (Wildman–Crippen LogP) is 4.41. The van der Waals surface area contributed by atoms with Crippen molar-refractivity contribution in [3.05, 3.63) is 51.6 Å². The molecule has 0 bridgehead atoms. The van der Waals surface area contributed by atoms with Crippen LogP contribution in [0, 0.1) is 3.57 Å². The normalized spacial score (nSPS) is 11.2. The molecule has 1 amide bonds. The van der Waals surface area contributed by atoms with E-state index >= 15 is 0 Å². The van der Waals surface area contributed by atoms with Crippen molar-refractivity contribution in [1.29, 1.82) is 0 Å². The number of nitrogens with one attached hydrogen (secondary N) is 1. The summed E-state index contributed by atoms with van der Waals surface area (Å²) < 4.78 is 6.08. The fourth-order valence-electron chi connectivity index (χ4n) is 2.16. The molecule has 0 aliphatic carbocycles. The largest absolute Gasteiger partial charge is 0.496 e. The Morgan fingerprint density at radius 2 is 2.04 bits per heavy atom. The number of carbonyl (C=O) groups excluding carboxylic acids is 1. The molecule has 0 aliphatic heterocycles. The van der Waals surface area contributed by atoms with Crippen molar-refractivity contribution in [1.82, 2.24) is 4.98 Å². The minimum atomic E-state index is -0.510. The lowest BCUT2D eigenvalue weighted by molar-refractivity contribution is 0.0994. The molecule has 23 heavy (non-hydrogen) atoms. The molecule has 1 heterocycles. The maximum atomic E-state index is 12.2. The van der Waals surface area contributed by atoms with Crippen LogP contribution in [-0.4, -0.2) is 23.1 Å². The zero-order valence-electron chi connectivity index (χ0n) is 12.1. The number of ether oxygens (including phenoxy) is 1. The van der Waals surface area contributed by atoms with Crippen molar-refractivity contribution >= 4 is 45.1 Å². The summed E-state index contributed by atoms with van der Waals surface area (Å²) in [7, 11) is 1.54. The lowest BCUT2D eigenvalue weighted by Crippen LogP contribution is -1.96. The Balaban J connectivity index is 1.92. The molecule has 116 valence electrons. The summed E-state index contributed by atoms with van der Waals surface area (Å²) in [4.78, 5) is 14.9. The van der Waals surface area contributed by atoms with Gasteiger partial charge in [-0.1, -0.05) is 18.2 Å². The van der Waals surface area contributed by atoms with E-state index in [1.54, 1.807) is 30.3 Å². The molecule has 0 atom stereocenters. The van der Waals surface area contributed by atoms with Gasteiger partial charge in [-0.25, -0.2) is 0 Å². The summed E-state index contributed by atoms with van der Waals surface area (Å²) in [6.07, 6.45) is 0. The number of para-hydroxylation sites is 1. The summed E-state index contributed by atoms with van der Waals surface area (Å²) in [6.45, 7) is 0. The molecule has 2 aromatic carbocycles. The van der Waals surface area contributed by atoms with Crippen LogP contribution in [-0.2, 0) is 0 Å². The summed E-state index contributed by atoms with van der Waals surface area (Å²) in [6, 6.07) is 12.3. The Labute approximate surface area is 145 Å². The Kier molecular flexibility index (Phi) is 4.28. The summed E-state index contributed by atoms with van der Waals surface area (Å²) in [5.74, 6) is -0.0334. The maximum Gasteiger partial charge on any atom is 0.295 e. The first-order valence-corrected chi connectivity index (χ1v) is 7.77. The van der Waals surface area contributed by atoms with E-state index in [1.807, 2.05) is 12.1 Å². The van der Waals surface area contributed by atoms with Crippen molar-refractivity contribution in [2.75, 3.05) is 7.11 Å². The standard InChI is InChI=1S/C16H12IN3O3/c1-23-13-8-9(6-7-11(13)17)15(21)20-19-14-10-4-2-3-5-12(10)18-16(14)22/h2-8,18,22H,1H3. The van der Waals surface area contributed by atoms with E-state index in [1.165, 1.54) is 7.11 Å². The van der Waals surface area contributed by atoms with Crippen LogP contribution >= 0.6 is 22.6 Å². The highest BCUT2D eigenvalue weighted by Crippen LogP contribution is 2.35. The minimum Gasteiger partial charge on any atom is -0.496 e. The molecule has 1 aromatic heterocycles. The SMILES string of the molecule is COc1cc(C(=O)N=Nc2c(O)[nH]c3ccccc23)ccc1I. The highest BCUT2D eigenvalue weighted by molar-refractivity contribution is 14.1. The topological polar surface area (TPSA) is 87.0 Å². The number of halogens is 1. The van der Waals surface area contributed by atoms with Crippen molar-refractivity contribution in [2.24, 2.45) is 10.2 Å². The first-order valence-electron chi connectivity index (χ1n) is 6.69. The average molecular weight is 421 g/mol. The number of amides is 1. The summed E-state index contributed by atoms with van der Waals surface area (Å²) >= 11 is 2.12. The van der Waals surface area contributed by atoms with Gasteiger partial charge >= 0.3 is 0 Å². The third kappa shape index (κ3) is 3.04. The second-order valence-corrected chi connectivity index (χ2v) is 5.88. The van der Waals surface area contributed by atoms with Gasteiger partial charge in [0.15, 0.2) is 5.69 Å². The molecule has 0 saturated heterocycles. The fraction of sp³-hybridized carbons (Fsp3) is 0.0625. The maximum absolute atomic E-state index is 12.2. The Bertz CT molecular complexity index is 918. The van der Waals surface area contributed by atoms with E-state index < -0.39 is 5.91 Å². The average Bonchev–Trinajstić information content (AvgIpc) is 2.88. The van der Waals surface area contributed by atoms with E-state index in [2.05, 4.69) is 37.8 Å². The monoisotopic (exact) mass is 421 g/mol. The van der Waals surface area contributed by atoms with Crippen molar-refractivity contribution in [3.63, 3.8) is 0 Å².